The number of benzene rings is 1. The van der Waals surface area contributed by atoms with Crippen molar-refractivity contribution in [3.05, 3.63) is 30.0 Å². The lowest BCUT2D eigenvalue weighted by atomic mass is 10.2. The van der Waals surface area contributed by atoms with Gasteiger partial charge in [0.05, 0.1) is 5.52 Å². The average molecular weight is 173 g/mol. The van der Waals surface area contributed by atoms with Gasteiger partial charge in [0.2, 0.25) is 5.95 Å². The summed E-state index contributed by atoms with van der Waals surface area (Å²) in [6.07, 6.45) is 0.681. The highest BCUT2D eigenvalue weighted by molar-refractivity contribution is 5.94. The third-order valence-corrected chi connectivity index (χ3v) is 1.76. The Balaban J connectivity index is 2.89. The summed E-state index contributed by atoms with van der Waals surface area (Å²) in [7, 11) is 0. The number of nitrogen functional groups attached to an aromatic ring is 1. The van der Waals surface area contributed by atoms with Crippen LogP contribution in [-0.4, -0.2) is 16.3 Å². The highest BCUT2D eigenvalue weighted by Crippen LogP contribution is 2.14. The van der Waals surface area contributed by atoms with Crippen LogP contribution in [0.25, 0.3) is 10.9 Å². The molecule has 1 aromatic carbocycles. The number of para-hydroxylation sites is 1. The number of aromatic nitrogens is 2. The van der Waals surface area contributed by atoms with E-state index in [1.54, 1.807) is 12.1 Å². The third kappa shape index (κ3) is 1.22. The van der Waals surface area contributed by atoms with Crippen molar-refractivity contribution in [1.29, 1.82) is 0 Å². The number of aldehydes is 1. The minimum Gasteiger partial charge on any atom is -0.368 e. The predicted molar refractivity (Wildman–Crippen MR) is 49.3 cm³/mol. The molecule has 0 spiro atoms. The second-order valence-electron chi connectivity index (χ2n) is 2.60. The van der Waals surface area contributed by atoms with Crippen molar-refractivity contribution >= 4 is 23.1 Å². The van der Waals surface area contributed by atoms with Gasteiger partial charge in [-0.2, -0.15) is 0 Å². The fourth-order valence-electron chi connectivity index (χ4n) is 1.21. The lowest BCUT2D eigenvalue weighted by molar-refractivity contribution is 0.112. The molecule has 0 amide bonds. The van der Waals surface area contributed by atoms with Crippen LogP contribution in [0.2, 0.25) is 0 Å². The van der Waals surface area contributed by atoms with Gasteiger partial charge in [-0.25, -0.2) is 9.97 Å². The summed E-state index contributed by atoms with van der Waals surface area (Å²) in [6, 6.07) is 7.25. The molecule has 0 saturated carbocycles. The van der Waals surface area contributed by atoms with Gasteiger partial charge in [0.25, 0.3) is 0 Å². The highest BCUT2D eigenvalue weighted by Gasteiger charge is 2.03. The number of carbonyl (C=O) groups excluding carboxylic acids is 1. The molecule has 0 aliphatic rings. The Morgan fingerprint density at radius 1 is 1.23 bits per heavy atom. The minimum atomic E-state index is 0.126. The first kappa shape index (κ1) is 7.67. The van der Waals surface area contributed by atoms with E-state index >= 15 is 0 Å². The second kappa shape index (κ2) is 2.82. The Labute approximate surface area is 74.4 Å². The molecular weight excluding hydrogens is 166 g/mol. The molecular formula is C9H7N3O. The third-order valence-electron chi connectivity index (χ3n) is 1.76. The lowest BCUT2D eigenvalue weighted by Gasteiger charge is -1.99. The number of carbonyl (C=O) groups is 1. The molecule has 0 fully saturated rings. The van der Waals surface area contributed by atoms with Crippen LogP contribution in [0.15, 0.2) is 24.3 Å². The summed E-state index contributed by atoms with van der Waals surface area (Å²) in [4.78, 5) is 18.4. The van der Waals surface area contributed by atoms with E-state index in [1.807, 2.05) is 12.1 Å². The average Bonchev–Trinajstić information content (AvgIpc) is 2.16. The molecule has 0 radical (unpaired) electrons. The molecule has 1 aromatic heterocycles. The van der Waals surface area contributed by atoms with Crippen LogP contribution < -0.4 is 5.73 Å². The lowest BCUT2D eigenvalue weighted by Crippen LogP contribution is -1.99. The molecule has 0 bridgehead atoms. The van der Waals surface area contributed by atoms with Gasteiger partial charge in [-0.3, -0.25) is 4.79 Å². The first-order valence-electron chi connectivity index (χ1n) is 3.78. The maximum Gasteiger partial charge on any atom is 0.221 e. The summed E-state index contributed by atoms with van der Waals surface area (Å²) < 4.78 is 0. The highest BCUT2D eigenvalue weighted by atomic mass is 16.1. The monoisotopic (exact) mass is 173 g/mol. The van der Waals surface area contributed by atoms with E-state index in [-0.39, 0.29) is 5.95 Å². The van der Waals surface area contributed by atoms with E-state index in [1.165, 1.54) is 0 Å². The molecule has 1 heterocycles. The molecule has 64 valence electrons. The predicted octanol–water partition coefficient (Wildman–Crippen LogP) is 1.02. The summed E-state index contributed by atoms with van der Waals surface area (Å²) in [5.41, 5.74) is 6.45. The number of fused-ring (bicyclic) bond motifs is 1. The van der Waals surface area contributed by atoms with Crippen molar-refractivity contribution in [1.82, 2.24) is 9.97 Å². The van der Waals surface area contributed by atoms with Gasteiger partial charge in [-0.05, 0) is 6.07 Å². The van der Waals surface area contributed by atoms with Gasteiger partial charge in [0.15, 0.2) is 6.29 Å². The smallest absolute Gasteiger partial charge is 0.221 e. The van der Waals surface area contributed by atoms with Crippen LogP contribution in [0, 0.1) is 0 Å². The van der Waals surface area contributed by atoms with Crippen LogP contribution in [0.3, 0.4) is 0 Å². The number of hydrogen-bond acceptors (Lipinski definition) is 4. The zero-order valence-electron chi connectivity index (χ0n) is 6.77. The molecule has 4 heteroatoms. The quantitative estimate of drug-likeness (QED) is 0.654. The number of rotatable bonds is 1. The Morgan fingerprint density at radius 2 is 2.00 bits per heavy atom. The van der Waals surface area contributed by atoms with E-state index in [0.717, 1.165) is 5.39 Å². The fourth-order valence-corrected chi connectivity index (χ4v) is 1.21. The maximum atomic E-state index is 10.6. The molecule has 13 heavy (non-hydrogen) atoms. The Kier molecular flexibility index (Phi) is 1.66. The summed E-state index contributed by atoms with van der Waals surface area (Å²) in [6.45, 7) is 0. The first-order valence-corrected chi connectivity index (χ1v) is 3.78. The fraction of sp³-hybridized carbons (Fsp3) is 0. The van der Waals surface area contributed by atoms with Crippen molar-refractivity contribution in [2.75, 3.05) is 5.73 Å². The SMILES string of the molecule is Nc1nc(C=O)c2ccccc2n1. The summed E-state index contributed by atoms with van der Waals surface area (Å²) in [5.74, 6) is 0.126. The van der Waals surface area contributed by atoms with Crippen LogP contribution in [0.5, 0.6) is 0 Å². The topological polar surface area (TPSA) is 68.9 Å². The van der Waals surface area contributed by atoms with E-state index in [0.29, 0.717) is 17.5 Å². The molecule has 0 atom stereocenters. The second-order valence-corrected chi connectivity index (χ2v) is 2.60. The minimum absolute atomic E-state index is 0.126. The molecule has 0 aliphatic carbocycles. The molecule has 0 saturated heterocycles. The number of hydrogen-bond donors (Lipinski definition) is 1. The van der Waals surface area contributed by atoms with Gasteiger partial charge in [-0.1, -0.05) is 18.2 Å². The van der Waals surface area contributed by atoms with E-state index in [9.17, 15) is 4.79 Å². The van der Waals surface area contributed by atoms with Crippen molar-refractivity contribution < 1.29 is 4.79 Å². The van der Waals surface area contributed by atoms with Gasteiger partial charge < -0.3 is 5.73 Å². The molecule has 4 nitrogen and oxygen atoms in total. The summed E-state index contributed by atoms with van der Waals surface area (Å²) in [5, 5.41) is 0.728. The van der Waals surface area contributed by atoms with Gasteiger partial charge in [-0.15, -0.1) is 0 Å². The number of nitrogens with two attached hydrogens (primary N) is 1. The van der Waals surface area contributed by atoms with E-state index < -0.39 is 0 Å². The van der Waals surface area contributed by atoms with Crippen LogP contribution >= 0.6 is 0 Å². The van der Waals surface area contributed by atoms with Crippen LogP contribution in [0.1, 0.15) is 10.5 Å². The normalized spacial score (nSPS) is 10.2. The molecule has 2 rings (SSSR count). The molecule has 0 unspecified atom stereocenters. The molecule has 0 aliphatic heterocycles. The van der Waals surface area contributed by atoms with Crippen molar-refractivity contribution in [2.24, 2.45) is 0 Å². The number of nitrogens with zero attached hydrogens (tertiary/aromatic N) is 2. The largest absolute Gasteiger partial charge is 0.368 e. The van der Waals surface area contributed by atoms with Crippen molar-refractivity contribution in [2.45, 2.75) is 0 Å². The number of anilines is 1. The zero-order valence-corrected chi connectivity index (χ0v) is 6.77. The van der Waals surface area contributed by atoms with Crippen molar-refractivity contribution in [3.8, 4) is 0 Å². The molecule has 2 N–H and O–H groups in total. The molecule has 2 aromatic rings. The Morgan fingerprint density at radius 3 is 2.77 bits per heavy atom. The van der Waals surface area contributed by atoms with Gasteiger partial charge in [0, 0.05) is 5.39 Å². The first-order chi connectivity index (χ1) is 6.31. The van der Waals surface area contributed by atoms with Crippen LogP contribution in [0.4, 0.5) is 5.95 Å². The van der Waals surface area contributed by atoms with Gasteiger partial charge in [0.1, 0.15) is 5.69 Å². The maximum absolute atomic E-state index is 10.6. The van der Waals surface area contributed by atoms with E-state index in [2.05, 4.69) is 9.97 Å². The van der Waals surface area contributed by atoms with Crippen molar-refractivity contribution in [3.63, 3.8) is 0 Å². The van der Waals surface area contributed by atoms with Crippen LogP contribution in [-0.2, 0) is 0 Å². The van der Waals surface area contributed by atoms with E-state index in [4.69, 9.17) is 5.73 Å². The zero-order chi connectivity index (χ0) is 9.26. The standard InChI is InChI=1S/C9H7N3O/c10-9-11-7-4-2-1-3-6(7)8(5-13)12-9/h1-5H,(H2,10,11,12). The van der Waals surface area contributed by atoms with Gasteiger partial charge >= 0.3 is 0 Å². The Hall–Kier alpha value is -1.97. The summed E-state index contributed by atoms with van der Waals surface area (Å²) >= 11 is 0. The Bertz CT molecular complexity index is 467.